The molecule has 0 radical (unpaired) electrons. The first-order valence-corrected chi connectivity index (χ1v) is 9.43. The van der Waals surface area contributed by atoms with E-state index in [0.29, 0.717) is 0 Å². The molecule has 24 heavy (non-hydrogen) atoms. The van der Waals surface area contributed by atoms with Gasteiger partial charge in [0.1, 0.15) is 0 Å². The Morgan fingerprint density at radius 3 is 1.58 bits per heavy atom. The Bertz CT molecular complexity index is 208. The molecule has 0 aliphatic heterocycles. The molecule has 146 valence electrons. The van der Waals surface area contributed by atoms with Crippen molar-refractivity contribution in [2.45, 2.75) is 98.3 Å². The molecule has 0 amide bonds. The molecule has 3 aliphatic carbocycles. The Kier molecular flexibility index (Phi) is 32.8. The van der Waals surface area contributed by atoms with Crippen LogP contribution < -0.4 is 0 Å². The minimum atomic E-state index is 0. The summed E-state index contributed by atoms with van der Waals surface area (Å²) in [4.78, 5) is 0. The predicted molar refractivity (Wildman–Crippen MR) is 113 cm³/mol. The van der Waals surface area contributed by atoms with E-state index in [0.717, 1.165) is 17.8 Å². The quantitative estimate of drug-likeness (QED) is 0.394. The molecule has 3 unspecified atom stereocenters. The van der Waals surface area contributed by atoms with E-state index in [1.807, 2.05) is 27.7 Å². The average Bonchev–Trinajstić information content (AvgIpc) is 3.14. The van der Waals surface area contributed by atoms with Gasteiger partial charge in [-0.3, -0.25) is 0 Å². The van der Waals surface area contributed by atoms with Crippen LogP contribution in [0.5, 0.6) is 0 Å². The van der Waals surface area contributed by atoms with Crippen molar-refractivity contribution < 1.29 is 26.2 Å². The maximum atomic E-state index is 2.00. The van der Waals surface area contributed by atoms with Crippen LogP contribution in [0.25, 0.3) is 0 Å². The normalized spacial score (nSPS) is 26.8. The van der Waals surface area contributed by atoms with E-state index in [2.05, 4.69) is 0 Å². The van der Waals surface area contributed by atoms with Crippen molar-refractivity contribution in [2.75, 3.05) is 0 Å². The molecule has 3 fully saturated rings. The second-order valence-electron chi connectivity index (χ2n) is 6.43. The Labute approximate surface area is 177 Å². The first-order valence-electron chi connectivity index (χ1n) is 9.43. The van der Waals surface area contributed by atoms with Gasteiger partial charge in [0.15, 0.2) is 0 Å². The fourth-order valence-electron chi connectivity index (χ4n) is 4.82. The van der Waals surface area contributed by atoms with Crippen LogP contribution in [0.1, 0.15) is 98.3 Å². The molecular weight excluding hydrogens is 367 g/mol. The zero-order chi connectivity index (χ0) is 14.1. The van der Waals surface area contributed by atoms with Crippen molar-refractivity contribution in [1.29, 1.82) is 0 Å². The van der Waals surface area contributed by atoms with Crippen molar-refractivity contribution in [3.8, 4) is 0 Å². The van der Waals surface area contributed by atoms with Gasteiger partial charge in [0.2, 0.25) is 0 Å². The van der Waals surface area contributed by atoms with Gasteiger partial charge in [0, 0.05) is 0 Å². The summed E-state index contributed by atoms with van der Waals surface area (Å²) in [5.74, 6) is 4.61. The van der Waals surface area contributed by atoms with Gasteiger partial charge >= 0.3 is 26.2 Å². The third-order valence-corrected chi connectivity index (χ3v) is 5.59. The van der Waals surface area contributed by atoms with E-state index in [1.54, 1.807) is 51.4 Å². The fraction of sp³-hybridized carbons (Fsp3) is 0.826. The van der Waals surface area contributed by atoms with Gasteiger partial charge < -0.3 is 29.7 Å². The Hall–Kier alpha value is 0.883. The van der Waals surface area contributed by atoms with E-state index in [4.69, 9.17) is 0 Å². The third-order valence-electron chi connectivity index (χ3n) is 5.59. The van der Waals surface area contributed by atoms with E-state index >= 15 is 0 Å². The van der Waals surface area contributed by atoms with Crippen LogP contribution in [0.4, 0.5) is 0 Å². The van der Waals surface area contributed by atoms with Gasteiger partial charge in [-0.25, -0.2) is 0 Å². The predicted octanol–water partition coefficient (Wildman–Crippen LogP) is 8.63. The number of hydrogen-bond acceptors (Lipinski definition) is 0. The van der Waals surface area contributed by atoms with Gasteiger partial charge in [0.05, 0.1) is 0 Å². The second kappa shape index (κ2) is 21.9. The summed E-state index contributed by atoms with van der Waals surface area (Å²) in [7, 11) is 0. The summed E-state index contributed by atoms with van der Waals surface area (Å²) < 4.78 is 0. The molecule has 0 aromatic rings. The molecule has 3 saturated carbocycles. The van der Waals surface area contributed by atoms with Crippen molar-refractivity contribution in [3.63, 3.8) is 0 Å². The van der Waals surface area contributed by atoms with Gasteiger partial charge in [-0.2, -0.15) is 0 Å². The number of rotatable bonds is 2. The summed E-state index contributed by atoms with van der Waals surface area (Å²) in [6.07, 6.45) is 17.2. The average molecular weight is 418 g/mol. The zero-order valence-corrected chi connectivity index (χ0v) is 21.0. The van der Waals surface area contributed by atoms with Gasteiger partial charge in [-0.1, -0.05) is 72.6 Å². The van der Waals surface area contributed by atoms with Crippen LogP contribution >= 0.6 is 0 Å². The SMILES string of the molecule is C1CCC(CC2CCC3CCCCC32)C1.CC.CC.[CH3-].[CH3-].[CH3-].[CH3-].[Zr+4]. The first-order chi connectivity index (χ1) is 9.43. The number of fused-ring (bicyclic) bond motifs is 1. The van der Waals surface area contributed by atoms with Gasteiger partial charge in [-0.15, -0.1) is 0 Å². The molecule has 0 heterocycles. The van der Waals surface area contributed by atoms with Crippen LogP contribution in [0.3, 0.4) is 0 Å². The van der Waals surface area contributed by atoms with Crippen LogP contribution in [0.15, 0.2) is 0 Å². The maximum absolute atomic E-state index is 2.00. The third kappa shape index (κ3) is 10.8. The molecule has 0 N–H and O–H groups in total. The minimum absolute atomic E-state index is 0. The molecule has 0 nitrogen and oxygen atoms in total. The molecule has 3 aliphatic rings. The van der Waals surface area contributed by atoms with E-state index in [9.17, 15) is 0 Å². The molecule has 3 atom stereocenters. The summed E-state index contributed by atoms with van der Waals surface area (Å²) in [6.45, 7) is 8.00. The van der Waals surface area contributed by atoms with Crippen molar-refractivity contribution in [3.05, 3.63) is 29.7 Å². The molecule has 0 aromatic heterocycles. The molecule has 0 bridgehead atoms. The van der Waals surface area contributed by atoms with Crippen molar-refractivity contribution in [1.82, 2.24) is 0 Å². The standard InChI is InChI=1S/C15H26.2C2H6.4CH3.Zr/c1-2-6-12(5-1)11-14-10-9-13-7-3-4-8-15(13)14;2*1-2;;;;;/h12-15H,1-11H2;2*1-2H3;4*1H3;/q;;;4*-1;+4. The van der Waals surface area contributed by atoms with Gasteiger partial charge in [0.25, 0.3) is 0 Å². The smallest absolute Gasteiger partial charge is 0.358 e. The van der Waals surface area contributed by atoms with Crippen LogP contribution in [-0.2, 0) is 26.2 Å². The van der Waals surface area contributed by atoms with Gasteiger partial charge in [-0.05, 0) is 49.4 Å². The molecule has 3 rings (SSSR count). The zero-order valence-electron chi connectivity index (χ0n) is 18.6. The molecule has 0 spiro atoms. The van der Waals surface area contributed by atoms with E-state index < -0.39 is 0 Å². The molecular formula is C23H50Zr. The fourth-order valence-corrected chi connectivity index (χ4v) is 4.82. The van der Waals surface area contributed by atoms with Crippen LogP contribution in [0, 0.1) is 53.4 Å². The Morgan fingerprint density at radius 2 is 1.04 bits per heavy atom. The topological polar surface area (TPSA) is 0 Å². The van der Waals surface area contributed by atoms with Crippen LogP contribution in [-0.4, -0.2) is 0 Å². The Balaban J connectivity index is -0.000000125. The van der Waals surface area contributed by atoms with Crippen molar-refractivity contribution >= 4 is 0 Å². The summed E-state index contributed by atoms with van der Waals surface area (Å²) in [5.41, 5.74) is 0. The second-order valence-corrected chi connectivity index (χ2v) is 6.43. The van der Waals surface area contributed by atoms with E-state index in [-0.39, 0.29) is 55.9 Å². The largest absolute Gasteiger partial charge is 4.00 e. The monoisotopic (exact) mass is 416 g/mol. The minimum Gasteiger partial charge on any atom is -0.358 e. The summed E-state index contributed by atoms with van der Waals surface area (Å²) in [6, 6.07) is 0. The molecule has 0 aromatic carbocycles. The number of hydrogen-bond donors (Lipinski definition) is 0. The first kappa shape index (κ1) is 35.9. The maximum Gasteiger partial charge on any atom is 4.00 e. The molecule has 0 saturated heterocycles. The molecule has 1 heteroatoms. The van der Waals surface area contributed by atoms with Crippen LogP contribution in [0.2, 0.25) is 0 Å². The summed E-state index contributed by atoms with van der Waals surface area (Å²) in [5, 5.41) is 0. The van der Waals surface area contributed by atoms with E-state index in [1.165, 1.54) is 25.2 Å². The Morgan fingerprint density at radius 1 is 0.583 bits per heavy atom. The van der Waals surface area contributed by atoms with Crippen molar-refractivity contribution in [2.24, 2.45) is 23.7 Å². The summed E-state index contributed by atoms with van der Waals surface area (Å²) >= 11 is 0.